The van der Waals surface area contributed by atoms with Crippen molar-refractivity contribution in [2.45, 2.75) is 24.7 Å². The summed E-state index contributed by atoms with van der Waals surface area (Å²) in [5, 5.41) is 16.3. The molecule has 4 heterocycles. The van der Waals surface area contributed by atoms with Crippen molar-refractivity contribution >= 4 is 28.5 Å². The molecule has 2 aliphatic rings. The average molecular weight is 505 g/mol. The molecule has 4 aromatic rings. The van der Waals surface area contributed by atoms with Crippen LogP contribution in [0.1, 0.15) is 30.7 Å². The van der Waals surface area contributed by atoms with Crippen LogP contribution in [-0.2, 0) is 5.41 Å². The fourth-order valence-electron chi connectivity index (χ4n) is 4.76. The van der Waals surface area contributed by atoms with Crippen LogP contribution in [0.2, 0.25) is 0 Å². The summed E-state index contributed by atoms with van der Waals surface area (Å²) in [6.07, 6.45) is 5.55. The summed E-state index contributed by atoms with van der Waals surface area (Å²) in [5.41, 5.74) is 9.04. The maximum Gasteiger partial charge on any atom is 0.407 e. The highest BCUT2D eigenvalue weighted by Gasteiger charge is 2.44. The first-order valence-corrected chi connectivity index (χ1v) is 12.6. The van der Waals surface area contributed by atoms with Crippen molar-refractivity contribution < 1.29 is 14.4 Å². The van der Waals surface area contributed by atoms with Gasteiger partial charge in [0.05, 0.1) is 5.41 Å². The second kappa shape index (κ2) is 8.86. The SMILES string of the molecule is Nc1ncc(-c2ccc(C3(c4noc(-c5csc(N6CCN(C(=O)O)CC6)n5)n4)CCC3)cc2)cn1. The summed E-state index contributed by atoms with van der Waals surface area (Å²) >= 11 is 1.50. The van der Waals surface area contributed by atoms with Crippen molar-refractivity contribution in [1.29, 1.82) is 0 Å². The normalized spacial score (nSPS) is 17.1. The first-order valence-electron chi connectivity index (χ1n) is 11.7. The van der Waals surface area contributed by atoms with Gasteiger partial charge in [0.15, 0.2) is 11.0 Å². The lowest BCUT2D eigenvalue weighted by Gasteiger charge is -2.39. The molecule has 1 aromatic carbocycles. The number of carboxylic acid groups (broad SMARTS) is 1. The van der Waals surface area contributed by atoms with E-state index in [2.05, 4.69) is 44.3 Å². The van der Waals surface area contributed by atoms with Gasteiger partial charge in [0.2, 0.25) is 5.95 Å². The van der Waals surface area contributed by atoms with Crippen molar-refractivity contribution in [2.75, 3.05) is 36.8 Å². The number of thiazole rings is 1. The Balaban J connectivity index is 1.20. The first kappa shape index (κ1) is 22.4. The predicted molar refractivity (Wildman–Crippen MR) is 134 cm³/mol. The number of rotatable bonds is 5. The first-order chi connectivity index (χ1) is 17.5. The van der Waals surface area contributed by atoms with Gasteiger partial charge in [0, 0.05) is 49.5 Å². The van der Waals surface area contributed by atoms with Gasteiger partial charge in [-0.3, -0.25) is 0 Å². The van der Waals surface area contributed by atoms with Crippen LogP contribution >= 0.6 is 11.3 Å². The molecule has 2 fully saturated rings. The van der Waals surface area contributed by atoms with Crippen LogP contribution < -0.4 is 10.6 Å². The number of nitrogens with two attached hydrogens (primary N) is 1. The van der Waals surface area contributed by atoms with Crippen LogP contribution in [-0.4, -0.2) is 67.4 Å². The Labute approximate surface area is 210 Å². The van der Waals surface area contributed by atoms with Gasteiger partial charge >= 0.3 is 6.09 Å². The smallest absolute Gasteiger partial charge is 0.407 e. The van der Waals surface area contributed by atoms with Crippen molar-refractivity contribution in [3.05, 3.63) is 53.4 Å². The van der Waals surface area contributed by atoms with E-state index in [0.717, 1.165) is 41.1 Å². The summed E-state index contributed by atoms with van der Waals surface area (Å²) < 4.78 is 5.66. The zero-order valence-electron chi connectivity index (χ0n) is 19.4. The largest absolute Gasteiger partial charge is 0.465 e. The quantitative estimate of drug-likeness (QED) is 0.414. The van der Waals surface area contributed by atoms with Crippen LogP contribution in [0.3, 0.4) is 0 Å². The number of amides is 1. The molecule has 1 aliphatic carbocycles. The molecule has 0 bridgehead atoms. The van der Waals surface area contributed by atoms with E-state index in [1.165, 1.54) is 16.2 Å². The minimum absolute atomic E-state index is 0.254. The molecule has 3 aromatic heterocycles. The lowest BCUT2D eigenvalue weighted by Crippen LogP contribution is -2.48. The van der Waals surface area contributed by atoms with Crippen LogP contribution in [0.5, 0.6) is 0 Å². The molecule has 36 heavy (non-hydrogen) atoms. The third kappa shape index (κ3) is 3.92. The molecule has 6 rings (SSSR count). The van der Waals surface area contributed by atoms with Crippen LogP contribution in [0.4, 0.5) is 15.9 Å². The Morgan fingerprint density at radius 3 is 2.39 bits per heavy atom. The molecule has 184 valence electrons. The second-order valence-corrected chi connectivity index (χ2v) is 9.87. The predicted octanol–water partition coefficient (Wildman–Crippen LogP) is 3.50. The molecule has 1 saturated carbocycles. The molecule has 1 amide bonds. The zero-order valence-corrected chi connectivity index (χ0v) is 20.2. The Morgan fingerprint density at radius 2 is 1.75 bits per heavy atom. The van der Waals surface area contributed by atoms with Gasteiger partial charge in [-0.2, -0.15) is 4.98 Å². The summed E-state index contributed by atoms with van der Waals surface area (Å²) in [6, 6.07) is 8.33. The topological polar surface area (TPSA) is 147 Å². The summed E-state index contributed by atoms with van der Waals surface area (Å²) in [7, 11) is 0. The molecule has 0 radical (unpaired) electrons. The number of hydrogen-bond acceptors (Lipinski definition) is 10. The number of carbonyl (C=O) groups is 1. The van der Waals surface area contributed by atoms with E-state index in [-0.39, 0.29) is 11.4 Å². The monoisotopic (exact) mass is 504 g/mol. The zero-order chi connectivity index (χ0) is 24.7. The van der Waals surface area contributed by atoms with E-state index < -0.39 is 6.09 Å². The number of aromatic nitrogens is 5. The molecule has 1 saturated heterocycles. The van der Waals surface area contributed by atoms with Crippen molar-refractivity contribution in [2.24, 2.45) is 0 Å². The number of nitrogens with zero attached hydrogens (tertiary/aromatic N) is 7. The van der Waals surface area contributed by atoms with Gasteiger partial charge in [-0.15, -0.1) is 11.3 Å². The van der Waals surface area contributed by atoms with E-state index in [1.54, 1.807) is 12.4 Å². The van der Waals surface area contributed by atoms with Crippen LogP contribution in [0, 0.1) is 0 Å². The number of nitrogen functional groups attached to an aromatic ring is 1. The van der Waals surface area contributed by atoms with Crippen LogP contribution in [0.15, 0.2) is 46.6 Å². The van der Waals surface area contributed by atoms with Gasteiger partial charge in [-0.1, -0.05) is 35.8 Å². The minimum Gasteiger partial charge on any atom is -0.465 e. The van der Waals surface area contributed by atoms with Gasteiger partial charge in [0.1, 0.15) is 5.69 Å². The van der Waals surface area contributed by atoms with E-state index in [0.29, 0.717) is 43.6 Å². The molecule has 0 spiro atoms. The lowest BCUT2D eigenvalue weighted by molar-refractivity contribution is 0.142. The van der Waals surface area contributed by atoms with Crippen molar-refractivity contribution in [3.63, 3.8) is 0 Å². The van der Waals surface area contributed by atoms with Crippen molar-refractivity contribution in [3.8, 4) is 22.7 Å². The Hall–Kier alpha value is -4.06. The molecular weight excluding hydrogens is 480 g/mol. The Kier molecular flexibility index (Phi) is 5.52. The van der Waals surface area contributed by atoms with Gasteiger partial charge < -0.3 is 25.2 Å². The molecule has 3 N–H and O–H groups in total. The van der Waals surface area contributed by atoms with E-state index in [4.69, 9.17) is 25.3 Å². The van der Waals surface area contributed by atoms with E-state index in [9.17, 15) is 4.79 Å². The van der Waals surface area contributed by atoms with E-state index >= 15 is 0 Å². The van der Waals surface area contributed by atoms with E-state index in [1.807, 2.05) is 5.38 Å². The summed E-state index contributed by atoms with van der Waals surface area (Å²) in [5.74, 6) is 1.33. The number of anilines is 2. The Bertz CT molecular complexity index is 1370. The highest BCUT2D eigenvalue weighted by molar-refractivity contribution is 7.14. The molecule has 11 nitrogen and oxygen atoms in total. The third-order valence-electron chi connectivity index (χ3n) is 7.04. The summed E-state index contributed by atoms with van der Waals surface area (Å²) in [6.45, 7) is 2.13. The Morgan fingerprint density at radius 1 is 1.03 bits per heavy atom. The average Bonchev–Trinajstić information content (AvgIpc) is 3.55. The molecular formula is C24H24N8O3S. The standard InChI is InChI=1S/C24H24N8O3S/c25-21-26-12-16(13-27-21)15-2-4-17(5-3-15)24(6-1-7-24)20-29-19(35-30-20)18-14-36-22(28-18)31-8-10-32(11-9-31)23(33)34/h2-5,12-14H,1,6-11H2,(H,33,34)(H2,25,26,27). The molecule has 0 atom stereocenters. The number of hydrogen-bond donors (Lipinski definition) is 2. The molecule has 1 aliphatic heterocycles. The third-order valence-corrected chi connectivity index (χ3v) is 7.94. The second-order valence-electron chi connectivity index (χ2n) is 9.04. The molecule has 12 heteroatoms. The van der Waals surface area contributed by atoms with Crippen molar-refractivity contribution in [1.82, 2.24) is 30.0 Å². The fraction of sp³-hybridized carbons (Fsp3) is 0.333. The van der Waals surface area contributed by atoms with Crippen LogP contribution in [0.25, 0.3) is 22.7 Å². The van der Waals surface area contributed by atoms with Gasteiger partial charge in [0.25, 0.3) is 5.89 Å². The highest BCUT2D eigenvalue weighted by Crippen LogP contribution is 2.48. The lowest BCUT2D eigenvalue weighted by atomic mass is 9.64. The minimum atomic E-state index is -0.883. The maximum atomic E-state index is 11.2. The van der Waals surface area contributed by atoms with Gasteiger partial charge in [-0.05, 0) is 24.0 Å². The fourth-order valence-corrected chi connectivity index (χ4v) is 5.61. The number of piperazine rings is 1. The maximum absolute atomic E-state index is 11.2. The highest BCUT2D eigenvalue weighted by atomic mass is 32.1. The number of benzene rings is 1. The summed E-state index contributed by atoms with van der Waals surface area (Å²) in [4.78, 5) is 32.3. The molecule has 0 unspecified atom stereocenters. The van der Waals surface area contributed by atoms with Gasteiger partial charge in [-0.25, -0.2) is 19.7 Å².